The van der Waals surface area contributed by atoms with Gasteiger partial charge in [-0.05, 0) is 49.2 Å². The van der Waals surface area contributed by atoms with E-state index in [1.54, 1.807) is 24.5 Å². The van der Waals surface area contributed by atoms with Crippen LogP contribution in [0, 0.1) is 25.2 Å². The van der Waals surface area contributed by atoms with Crippen molar-refractivity contribution in [2.75, 3.05) is 0 Å². The molecular weight excluding hydrogens is 250 g/mol. The summed E-state index contributed by atoms with van der Waals surface area (Å²) in [6, 6.07) is 9.80. The number of hydrogen-bond donors (Lipinski definition) is 1. The van der Waals surface area contributed by atoms with Crippen LogP contribution >= 0.6 is 0 Å². The molecule has 0 unspecified atom stereocenters. The number of fused-ring (bicyclic) bond motifs is 1. The van der Waals surface area contributed by atoms with Crippen molar-refractivity contribution in [3.63, 3.8) is 0 Å². The van der Waals surface area contributed by atoms with E-state index in [1.807, 2.05) is 19.1 Å². The number of aryl methyl sites for hydroxylation is 2. The highest BCUT2D eigenvalue weighted by atomic mass is 16.3. The maximum absolute atomic E-state index is 9.29. The Bertz CT molecular complexity index is 794. The molecule has 0 saturated heterocycles. The Morgan fingerprint density at radius 3 is 2.85 bits per heavy atom. The summed E-state index contributed by atoms with van der Waals surface area (Å²) in [4.78, 5) is 7.66. The minimum absolute atomic E-state index is 0.450. The van der Waals surface area contributed by atoms with Crippen LogP contribution in [0.1, 0.15) is 22.7 Å². The fourth-order valence-electron chi connectivity index (χ4n) is 2.07. The van der Waals surface area contributed by atoms with Gasteiger partial charge < -0.3 is 9.40 Å². The Hall–Kier alpha value is -2.80. The number of furan rings is 1. The van der Waals surface area contributed by atoms with Crippen molar-refractivity contribution in [2.24, 2.45) is 0 Å². The lowest BCUT2D eigenvalue weighted by Crippen LogP contribution is -1.83. The molecule has 0 aliphatic rings. The topological polar surface area (TPSA) is 65.6 Å². The minimum Gasteiger partial charge on any atom is -0.465 e. The predicted octanol–water partition coefficient (Wildman–Crippen LogP) is 3.84. The van der Waals surface area contributed by atoms with Crippen LogP contribution < -0.4 is 0 Å². The Balaban J connectivity index is 2.11. The van der Waals surface area contributed by atoms with Gasteiger partial charge in [0.2, 0.25) is 0 Å². The van der Waals surface area contributed by atoms with Gasteiger partial charge in [0.25, 0.3) is 0 Å². The highest BCUT2D eigenvalue weighted by Crippen LogP contribution is 2.21. The van der Waals surface area contributed by atoms with Crippen molar-refractivity contribution in [1.29, 1.82) is 5.26 Å². The molecule has 0 aliphatic heterocycles. The predicted molar refractivity (Wildman–Crippen MR) is 77.8 cm³/mol. The van der Waals surface area contributed by atoms with E-state index in [0.717, 1.165) is 11.0 Å². The second kappa shape index (κ2) is 4.71. The zero-order chi connectivity index (χ0) is 14.1. The molecule has 3 rings (SSSR count). The summed E-state index contributed by atoms with van der Waals surface area (Å²) in [7, 11) is 0. The van der Waals surface area contributed by atoms with Crippen LogP contribution in [0.25, 0.3) is 22.7 Å². The van der Waals surface area contributed by atoms with E-state index in [4.69, 9.17) is 4.42 Å². The minimum atomic E-state index is 0.450. The molecule has 4 heteroatoms. The maximum Gasteiger partial charge on any atom is 0.149 e. The third-order valence-corrected chi connectivity index (χ3v) is 3.30. The smallest absolute Gasteiger partial charge is 0.149 e. The first kappa shape index (κ1) is 12.2. The van der Waals surface area contributed by atoms with Crippen LogP contribution in [0.4, 0.5) is 0 Å². The van der Waals surface area contributed by atoms with Gasteiger partial charge in [0.05, 0.1) is 22.9 Å². The molecule has 4 nitrogen and oxygen atoms in total. The van der Waals surface area contributed by atoms with Crippen molar-refractivity contribution >= 4 is 22.7 Å². The van der Waals surface area contributed by atoms with Crippen LogP contribution in [0.5, 0.6) is 0 Å². The monoisotopic (exact) mass is 263 g/mol. The summed E-state index contributed by atoms with van der Waals surface area (Å²) in [6.45, 7) is 4.10. The number of rotatable bonds is 2. The molecule has 0 aliphatic carbocycles. The maximum atomic E-state index is 9.29. The fourth-order valence-corrected chi connectivity index (χ4v) is 2.07. The second-order valence-electron chi connectivity index (χ2n) is 4.72. The third kappa shape index (κ3) is 2.10. The number of aromatic amines is 1. The molecule has 0 fully saturated rings. The normalized spacial score (nSPS) is 11.8. The molecule has 0 saturated carbocycles. The van der Waals surface area contributed by atoms with Gasteiger partial charge in [-0.2, -0.15) is 5.26 Å². The number of allylic oxidation sites excluding steroid dienone is 1. The lowest BCUT2D eigenvalue weighted by atomic mass is 10.1. The van der Waals surface area contributed by atoms with E-state index in [9.17, 15) is 5.26 Å². The molecule has 3 aromatic rings. The van der Waals surface area contributed by atoms with Gasteiger partial charge in [0, 0.05) is 6.08 Å². The summed E-state index contributed by atoms with van der Waals surface area (Å²) in [5.74, 6) is 1.19. The molecule has 20 heavy (non-hydrogen) atoms. The molecule has 1 N–H and O–H groups in total. The SMILES string of the molecule is Cc1cc2nc(C(C#N)=Cc3ccco3)[nH]c2cc1C. The molecule has 0 atom stereocenters. The molecule has 0 amide bonds. The summed E-state index contributed by atoms with van der Waals surface area (Å²) in [6.07, 6.45) is 3.25. The number of nitrogens with zero attached hydrogens (tertiary/aromatic N) is 2. The lowest BCUT2D eigenvalue weighted by Gasteiger charge is -1.97. The van der Waals surface area contributed by atoms with Gasteiger partial charge in [-0.15, -0.1) is 0 Å². The molecule has 2 aromatic heterocycles. The number of imidazole rings is 1. The second-order valence-corrected chi connectivity index (χ2v) is 4.72. The number of nitrogens with one attached hydrogen (secondary N) is 1. The largest absolute Gasteiger partial charge is 0.465 e. The van der Waals surface area contributed by atoms with Crippen LogP contribution in [0.3, 0.4) is 0 Å². The van der Waals surface area contributed by atoms with Crippen molar-refractivity contribution in [3.05, 3.63) is 53.2 Å². The van der Waals surface area contributed by atoms with Gasteiger partial charge in [-0.1, -0.05) is 0 Å². The number of nitriles is 1. The standard InChI is InChI=1S/C16H13N3O/c1-10-6-14-15(7-11(10)2)19-16(18-14)12(9-17)8-13-4-3-5-20-13/h3-8H,1-2H3,(H,18,19). The van der Waals surface area contributed by atoms with Gasteiger partial charge >= 0.3 is 0 Å². The van der Waals surface area contributed by atoms with Gasteiger partial charge in [0.1, 0.15) is 17.7 Å². The van der Waals surface area contributed by atoms with E-state index in [0.29, 0.717) is 17.2 Å². The van der Waals surface area contributed by atoms with E-state index in [2.05, 4.69) is 23.0 Å². The number of aromatic nitrogens is 2. The number of benzene rings is 1. The molecule has 2 heterocycles. The Labute approximate surface area is 116 Å². The van der Waals surface area contributed by atoms with E-state index in [1.165, 1.54) is 11.1 Å². The fraction of sp³-hybridized carbons (Fsp3) is 0.125. The molecule has 0 bridgehead atoms. The first-order valence-electron chi connectivity index (χ1n) is 6.30. The van der Waals surface area contributed by atoms with Gasteiger partial charge in [0.15, 0.2) is 0 Å². The average Bonchev–Trinajstić information content (AvgIpc) is 3.05. The molecule has 0 spiro atoms. The van der Waals surface area contributed by atoms with Crippen molar-refractivity contribution < 1.29 is 4.42 Å². The van der Waals surface area contributed by atoms with Crippen LogP contribution in [0.2, 0.25) is 0 Å². The summed E-state index contributed by atoms with van der Waals surface area (Å²) >= 11 is 0. The lowest BCUT2D eigenvalue weighted by molar-refractivity contribution is 0.557. The summed E-state index contributed by atoms with van der Waals surface area (Å²) < 4.78 is 5.23. The van der Waals surface area contributed by atoms with Crippen molar-refractivity contribution in [2.45, 2.75) is 13.8 Å². The van der Waals surface area contributed by atoms with Crippen molar-refractivity contribution in [1.82, 2.24) is 9.97 Å². The van der Waals surface area contributed by atoms with Gasteiger partial charge in [-0.3, -0.25) is 0 Å². The average molecular weight is 263 g/mol. The zero-order valence-electron chi connectivity index (χ0n) is 11.3. The van der Waals surface area contributed by atoms with Crippen LogP contribution in [0.15, 0.2) is 34.9 Å². The van der Waals surface area contributed by atoms with Crippen LogP contribution in [-0.4, -0.2) is 9.97 Å². The highest BCUT2D eigenvalue weighted by Gasteiger charge is 2.09. The highest BCUT2D eigenvalue weighted by molar-refractivity contribution is 5.89. The van der Waals surface area contributed by atoms with E-state index >= 15 is 0 Å². The van der Waals surface area contributed by atoms with E-state index in [-0.39, 0.29) is 0 Å². The first-order valence-corrected chi connectivity index (χ1v) is 6.30. The Morgan fingerprint density at radius 2 is 2.15 bits per heavy atom. The Morgan fingerprint density at radius 1 is 1.35 bits per heavy atom. The third-order valence-electron chi connectivity index (χ3n) is 3.30. The molecule has 1 aromatic carbocycles. The van der Waals surface area contributed by atoms with Crippen LogP contribution in [-0.2, 0) is 0 Å². The molecule has 0 radical (unpaired) electrons. The zero-order valence-corrected chi connectivity index (χ0v) is 11.3. The Kier molecular flexibility index (Phi) is 2.88. The molecular formula is C16H13N3O. The first-order chi connectivity index (χ1) is 9.67. The number of hydrogen-bond acceptors (Lipinski definition) is 3. The van der Waals surface area contributed by atoms with Gasteiger partial charge in [-0.25, -0.2) is 4.98 Å². The number of H-pyrrole nitrogens is 1. The summed E-state index contributed by atoms with van der Waals surface area (Å²) in [5.41, 5.74) is 4.63. The van der Waals surface area contributed by atoms with E-state index < -0.39 is 0 Å². The molecule has 98 valence electrons. The quantitative estimate of drug-likeness (QED) is 0.714. The summed E-state index contributed by atoms with van der Waals surface area (Å²) in [5, 5.41) is 9.29. The van der Waals surface area contributed by atoms with Crippen molar-refractivity contribution in [3.8, 4) is 6.07 Å².